The van der Waals surface area contributed by atoms with Crippen LogP contribution in [0.4, 0.5) is 0 Å². The zero-order valence-corrected chi connectivity index (χ0v) is 16.2. The van der Waals surface area contributed by atoms with E-state index in [2.05, 4.69) is 39.5 Å². The molecule has 136 valence electrons. The van der Waals surface area contributed by atoms with Gasteiger partial charge in [0.1, 0.15) is 6.10 Å². The molecule has 24 heavy (non-hydrogen) atoms. The molecule has 0 aliphatic carbocycles. The van der Waals surface area contributed by atoms with Crippen LogP contribution in [0.15, 0.2) is 17.1 Å². The van der Waals surface area contributed by atoms with Gasteiger partial charge in [0.25, 0.3) is 0 Å². The topological polar surface area (TPSA) is 63.1 Å². The van der Waals surface area contributed by atoms with E-state index < -0.39 is 6.10 Å². The van der Waals surface area contributed by atoms with Crippen molar-refractivity contribution in [3.8, 4) is 0 Å². The second kappa shape index (κ2) is 9.58. The first-order chi connectivity index (χ1) is 11.5. The molecule has 0 spiro atoms. The quantitative estimate of drug-likeness (QED) is 0.517. The lowest BCUT2D eigenvalue weighted by atomic mass is 10.2. The minimum Gasteiger partial charge on any atom is -0.386 e. The van der Waals surface area contributed by atoms with Gasteiger partial charge < -0.3 is 20.6 Å². The van der Waals surface area contributed by atoms with Crippen molar-refractivity contribution in [1.82, 2.24) is 20.4 Å². The lowest BCUT2D eigenvalue weighted by Gasteiger charge is -2.37. The van der Waals surface area contributed by atoms with E-state index in [1.807, 2.05) is 13.0 Å². The number of piperazine rings is 1. The zero-order valence-electron chi connectivity index (χ0n) is 14.6. The van der Waals surface area contributed by atoms with Crippen LogP contribution in [0.5, 0.6) is 0 Å². The summed E-state index contributed by atoms with van der Waals surface area (Å²) >= 11 is 7.31. The third kappa shape index (κ3) is 5.89. The van der Waals surface area contributed by atoms with Gasteiger partial charge in [-0.2, -0.15) is 0 Å². The first-order valence-electron chi connectivity index (χ1n) is 8.33. The summed E-state index contributed by atoms with van der Waals surface area (Å²) in [6.07, 6.45) is -0.624. The molecule has 1 fully saturated rings. The number of guanidine groups is 1. The SMILES string of the molecule is CCNC(=NCC(O)c1ccc(Cl)s1)NCC1CN(C)CCN1C. The molecule has 6 nitrogen and oxygen atoms in total. The van der Waals surface area contributed by atoms with Crippen molar-refractivity contribution < 1.29 is 5.11 Å². The van der Waals surface area contributed by atoms with Crippen LogP contribution in [0.1, 0.15) is 17.9 Å². The number of thiophene rings is 1. The van der Waals surface area contributed by atoms with Crippen LogP contribution >= 0.6 is 22.9 Å². The third-order valence-electron chi connectivity index (χ3n) is 4.17. The van der Waals surface area contributed by atoms with Crippen LogP contribution < -0.4 is 10.6 Å². The van der Waals surface area contributed by atoms with Crippen molar-refractivity contribution in [2.24, 2.45) is 4.99 Å². The lowest BCUT2D eigenvalue weighted by Crippen LogP contribution is -2.55. The summed E-state index contributed by atoms with van der Waals surface area (Å²) in [5.74, 6) is 0.737. The van der Waals surface area contributed by atoms with Gasteiger partial charge in [0.2, 0.25) is 0 Å². The standard InChI is InChI=1S/C16H28ClN5OS/c1-4-18-16(19-9-12-11-21(2)7-8-22(12)3)20-10-13(23)14-5-6-15(17)24-14/h5-6,12-13,23H,4,7-11H2,1-3H3,(H2,18,19,20). The van der Waals surface area contributed by atoms with Gasteiger partial charge in [0.05, 0.1) is 10.9 Å². The minimum atomic E-state index is -0.624. The van der Waals surface area contributed by atoms with Gasteiger partial charge in [-0.15, -0.1) is 11.3 Å². The second-order valence-electron chi connectivity index (χ2n) is 6.15. The molecule has 8 heteroatoms. The molecule has 2 rings (SSSR count). The molecule has 1 aliphatic rings. The van der Waals surface area contributed by atoms with E-state index in [-0.39, 0.29) is 0 Å². The molecule has 1 saturated heterocycles. The molecule has 0 aromatic carbocycles. The summed E-state index contributed by atoms with van der Waals surface area (Å²) in [7, 11) is 4.31. The van der Waals surface area contributed by atoms with Crippen LogP contribution in [0.25, 0.3) is 0 Å². The lowest BCUT2D eigenvalue weighted by molar-refractivity contribution is 0.116. The predicted octanol–water partition coefficient (Wildman–Crippen LogP) is 1.24. The van der Waals surface area contributed by atoms with Crippen molar-refractivity contribution in [1.29, 1.82) is 0 Å². The summed E-state index contributed by atoms with van der Waals surface area (Å²) in [5.41, 5.74) is 0. The fraction of sp³-hybridized carbons (Fsp3) is 0.688. The Morgan fingerprint density at radius 1 is 1.42 bits per heavy atom. The molecule has 1 aliphatic heterocycles. The van der Waals surface area contributed by atoms with Gasteiger partial charge in [-0.05, 0) is 33.2 Å². The Balaban J connectivity index is 1.88. The number of hydrogen-bond donors (Lipinski definition) is 3. The molecule has 1 aromatic heterocycles. The molecule has 2 unspecified atom stereocenters. The number of aliphatic hydroxyl groups excluding tert-OH is 1. The predicted molar refractivity (Wildman–Crippen MR) is 102 cm³/mol. The Hall–Kier alpha value is -0.860. The molecular formula is C16H28ClN5OS. The van der Waals surface area contributed by atoms with E-state index in [1.165, 1.54) is 11.3 Å². The van der Waals surface area contributed by atoms with E-state index in [1.54, 1.807) is 6.07 Å². The highest BCUT2D eigenvalue weighted by molar-refractivity contribution is 7.16. The molecule has 2 atom stereocenters. The van der Waals surface area contributed by atoms with Gasteiger partial charge in [-0.1, -0.05) is 11.6 Å². The van der Waals surface area contributed by atoms with Gasteiger partial charge >= 0.3 is 0 Å². The van der Waals surface area contributed by atoms with Crippen molar-refractivity contribution in [3.63, 3.8) is 0 Å². The maximum Gasteiger partial charge on any atom is 0.191 e. The van der Waals surface area contributed by atoms with Crippen molar-refractivity contribution in [2.45, 2.75) is 19.1 Å². The third-order valence-corrected chi connectivity index (χ3v) is 5.51. The minimum absolute atomic E-state index is 0.312. The van der Waals surface area contributed by atoms with E-state index in [9.17, 15) is 5.11 Å². The fourth-order valence-electron chi connectivity index (χ4n) is 2.65. The Bertz CT molecular complexity index is 538. The fourth-order valence-corrected chi connectivity index (χ4v) is 3.69. The average Bonchev–Trinajstić information content (AvgIpc) is 2.99. The summed E-state index contributed by atoms with van der Waals surface area (Å²) in [4.78, 5) is 10.1. The molecule has 0 bridgehead atoms. The number of rotatable bonds is 6. The Kier molecular flexibility index (Phi) is 7.77. The largest absolute Gasteiger partial charge is 0.386 e. The molecule has 2 heterocycles. The van der Waals surface area contributed by atoms with Crippen molar-refractivity contribution in [2.75, 3.05) is 53.4 Å². The highest BCUT2D eigenvalue weighted by Gasteiger charge is 2.22. The Morgan fingerprint density at radius 2 is 2.21 bits per heavy atom. The first-order valence-corrected chi connectivity index (χ1v) is 9.53. The maximum absolute atomic E-state index is 10.2. The van der Waals surface area contributed by atoms with Gasteiger partial charge in [-0.3, -0.25) is 9.89 Å². The van der Waals surface area contributed by atoms with Crippen LogP contribution in [-0.2, 0) is 0 Å². The first kappa shape index (κ1) is 19.5. The average molecular weight is 374 g/mol. The smallest absolute Gasteiger partial charge is 0.191 e. The van der Waals surface area contributed by atoms with Crippen molar-refractivity contribution >= 4 is 28.9 Å². The number of nitrogens with zero attached hydrogens (tertiary/aromatic N) is 3. The van der Waals surface area contributed by atoms with Crippen LogP contribution in [0.2, 0.25) is 4.34 Å². The maximum atomic E-state index is 10.2. The van der Waals surface area contributed by atoms with Gasteiger partial charge in [0, 0.05) is 43.6 Å². The van der Waals surface area contributed by atoms with Gasteiger partial charge in [0.15, 0.2) is 5.96 Å². The van der Waals surface area contributed by atoms with E-state index >= 15 is 0 Å². The molecule has 0 radical (unpaired) electrons. The number of aliphatic imine (C=N–C) groups is 1. The molecule has 0 amide bonds. The number of nitrogens with one attached hydrogen (secondary N) is 2. The van der Waals surface area contributed by atoms with Gasteiger partial charge in [-0.25, -0.2) is 0 Å². The monoisotopic (exact) mass is 373 g/mol. The summed E-state index contributed by atoms with van der Waals surface area (Å²) in [6, 6.07) is 4.10. The normalized spacial score (nSPS) is 21.7. The molecule has 3 N–H and O–H groups in total. The van der Waals surface area contributed by atoms with E-state index in [4.69, 9.17) is 11.6 Å². The summed E-state index contributed by atoms with van der Waals surface area (Å²) in [6.45, 7) is 7.19. The van der Waals surface area contributed by atoms with E-state index in [0.717, 1.165) is 43.6 Å². The Labute approximate surface area is 153 Å². The molecular weight excluding hydrogens is 346 g/mol. The summed E-state index contributed by atoms with van der Waals surface area (Å²) < 4.78 is 0.683. The number of likely N-dealkylation sites (N-methyl/N-ethyl adjacent to an activating group) is 2. The number of hydrogen-bond acceptors (Lipinski definition) is 5. The Morgan fingerprint density at radius 3 is 2.88 bits per heavy atom. The van der Waals surface area contributed by atoms with E-state index in [0.29, 0.717) is 16.9 Å². The second-order valence-corrected chi connectivity index (χ2v) is 7.90. The number of aliphatic hydroxyl groups is 1. The van der Waals surface area contributed by atoms with Crippen LogP contribution in [-0.4, -0.2) is 80.3 Å². The highest BCUT2D eigenvalue weighted by Crippen LogP contribution is 2.26. The van der Waals surface area contributed by atoms with Crippen molar-refractivity contribution in [3.05, 3.63) is 21.3 Å². The summed E-state index contributed by atoms with van der Waals surface area (Å²) in [5, 5.41) is 16.8. The van der Waals surface area contributed by atoms with Crippen LogP contribution in [0, 0.1) is 0 Å². The van der Waals surface area contributed by atoms with Crippen LogP contribution in [0.3, 0.4) is 0 Å². The molecule has 1 aromatic rings. The number of halogens is 1. The molecule has 0 saturated carbocycles. The zero-order chi connectivity index (χ0) is 17.5. The highest BCUT2D eigenvalue weighted by atomic mass is 35.5.